The van der Waals surface area contributed by atoms with E-state index in [4.69, 9.17) is 9.47 Å². The molecule has 0 atom stereocenters. The summed E-state index contributed by atoms with van der Waals surface area (Å²) in [5.74, 6) is 0.280. The van der Waals surface area contributed by atoms with Crippen LogP contribution in [0.5, 0.6) is 11.6 Å². The summed E-state index contributed by atoms with van der Waals surface area (Å²) in [6.45, 7) is 8.47. The standard InChI is InChI=1S/C26H31N7O5S2/c1-17-26(39-18(2)29-17)40(35,36)30-21-13-20(14-28-24(21)37-4)19-5-6-23-27-15-22(25(34)33(23)16-19)38-12-11-32-9-7-31(3)8-10-32/h5-6,13-16,30H,7-12H2,1-4H3. The molecule has 14 heteroatoms. The number of aromatic nitrogens is 4. The van der Waals surface area contributed by atoms with Gasteiger partial charge in [-0.2, -0.15) is 0 Å². The minimum absolute atomic E-state index is 0.113. The number of anilines is 1. The Balaban J connectivity index is 1.40. The summed E-state index contributed by atoms with van der Waals surface area (Å²) >= 11 is 1.09. The van der Waals surface area contributed by atoms with E-state index in [-0.39, 0.29) is 27.1 Å². The van der Waals surface area contributed by atoms with Gasteiger partial charge in [0.2, 0.25) is 11.6 Å². The van der Waals surface area contributed by atoms with E-state index in [2.05, 4.69) is 36.5 Å². The molecule has 1 aliphatic heterocycles. The van der Waals surface area contributed by atoms with Crippen molar-refractivity contribution < 1.29 is 17.9 Å². The maximum Gasteiger partial charge on any atom is 0.300 e. The van der Waals surface area contributed by atoms with Gasteiger partial charge < -0.3 is 14.4 Å². The molecule has 0 bridgehead atoms. The molecule has 0 saturated carbocycles. The lowest BCUT2D eigenvalue weighted by atomic mass is 10.1. The lowest BCUT2D eigenvalue weighted by Crippen LogP contribution is -2.45. The zero-order valence-corrected chi connectivity index (χ0v) is 24.4. The highest BCUT2D eigenvalue weighted by Gasteiger charge is 2.23. The number of methoxy groups -OCH3 is 1. The zero-order chi connectivity index (χ0) is 28.4. The lowest BCUT2D eigenvalue weighted by molar-refractivity contribution is 0.133. The van der Waals surface area contributed by atoms with Crippen molar-refractivity contribution in [2.24, 2.45) is 0 Å². The van der Waals surface area contributed by atoms with Crippen molar-refractivity contribution >= 4 is 32.7 Å². The topological polar surface area (TPSA) is 131 Å². The van der Waals surface area contributed by atoms with Crippen LogP contribution in [0.2, 0.25) is 0 Å². The van der Waals surface area contributed by atoms with Crippen molar-refractivity contribution in [3.05, 3.63) is 57.8 Å². The third-order valence-electron chi connectivity index (χ3n) is 6.66. The van der Waals surface area contributed by atoms with Crippen molar-refractivity contribution in [3.8, 4) is 22.8 Å². The third-order valence-corrected chi connectivity index (χ3v) is 9.71. The van der Waals surface area contributed by atoms with Gasteiger partial charge in [-0.25, -0.2) is 23.4 Å². The van der Waals surface area contributed by atoms with Gasteiger partial charge in [-0.15, -0.1) is 11.3 Å². The van der Waals surface area contributed by atoms with Crippen LogP contribution in [0.3, 0.4) is 0 Å². The maximum atomic E-state index is 13.2. The maximum absolute atomic E-state index is 13.2. The Morgan fingerprint density at radius 2 is 1.85 bits per heavy atom. The third kappa shape index (κ3) is 5.94. The molecule has 1 aliphatic rings. The van der Waals surface area contributed by atoms with Crippen molar-refractivity contribution in [2.45, 2.75) is 18.1 Å². The van der Waals surface area contributed by atoms with Gasteiger partial charge in [0, 0.05) is 56.2 Å². The molecule has 0 spiro atoms. The number of thiazole rings is 1. The molecular weight excluding hydrogens is 554 g/mol. The molecule has 5 heterocycles. The number of hydrogen-bond donors (Lipinski definition) is 1. The molecule has 1 N–H and O–H groups in total. The van der Waals surface area contributed by atoms with Crippen LogP contribution in [0.15, 0.2) is 45.8 Å². The number of sulfonamides is 1. The van der Waals surface area contributed by atoms with Crippen LogP contribution in [-0.2, 0) is 10.0 Å². The summed E-state index contributed by atoms with van der Waals surface area (Å²) in [6.07, 6.45) is 4.64. The molecule has 0 radical (unpaired) electrons. The largest absolute Gasteiger partial charge is 0.485 e. The van der Waals surface area contributed by atoms with Gasteiger partial charge in [0.25, 0.3) is 15.6 Å². The number of fused-ring (bicyclic) bond motifs is 1. The molecular formula is C26H31N7O5S2. The van der Waals surface area contributed by atoms with Crippen molar-refractivity contribution in [1.82, 2.24) is 29.2 Å². The van der Waals surface area contributed by atoms with Crippen LogP contribution < -0.4 is 19.8 Å². The number of likely N-dealkylation sites (N-methyl/N-ethyl adjacent to an activating group) is 1. The predicted octanol–water partition coefficient (Wildman–Crippen LogP) is 2.27. The SMILES string of the molecule is COc1ncc(-c2ccc3ncc(OCCN4CCN(C)CC4)c(=O)n3c2)cc1NS(=O)(=O)c1sc(C)nc1C. The van der Waals surface area contributed by atoms with Gasteiger partial charge in [0.1, 0.15) is 17.9 Å². The molecule has 4 aromatic heterocycles. The first-order valence-corrected chi connectivity index (χ1v) is 15.0. The summed E-state index contributed by atoms with van der Waals surface area (Å²) in [5, 5.41) is 0.648. The second-order valence-corrected chi connectivity index (χ2v) is 12.6. The molecule has 0 unspecified atom stereocenters. The number of aryl methyl sites for hydroxylation is 2. The minimum atomic E-state index is -3.92. The Morgan fingerprint density at radius 3 is 2.55 bits per heavy atom. The number of pyridine rings is 2. The fourth-order valence-corrected chi connectivity index (χ4v) is 7.02. The highest BCUT2D eigenvalue weighted by molar-refractivity contribution is 7.94. The molecule has 1 saturated heterocycles. The van der Waals surface area contributed by atoms with Crippen LogP contribution in [-0.4, -0.2) is 91.1 Å². The lowest BCUT2D eigenvalue weighted by Gasteiger charge is -2.32. The van der Waals surface area contributed by atoms with E-state index in [9.17, 15) is 13.2 Å². The van der Waals surface area contributed by atoms with Crippen LogP contribution in [0.4, 0.5) is 5.69 Å². The summed E-state index contributed by atoms with van der Waals surface area (Å²) in [4.78, 5) is 30.7. The molecule has 0 aliphatic carbocycles. The average molecular weight is 586 g/mol. The number of piperazine rings is 1. The molecule has 0 amide bonds. The van der Waals surface area contributed by atoms with Crippen LogP contribution >= 0.6 is 11.3 Å². The summed E-state index contributed by atoms with van der Waals surface area (Å²) < 4.78 is 41.5. The smallest absolute Gasteiger partial charge is 0.300 e. The first-order chi connectivity index (χ1) is 19.1. The van der Waals surface area contributed by atoms with E-state index in [1.54, 1.807) is 44.4 Å². The van der Waals surface area contributed by atoms with Gasteiger partial charge in [-0.05, 0) is 39.1 Å². The molecule has 5 rings (SSSR count). The fourth-order valence-electron chi connectivity index (χ4n) is 4.48. The normalized spacial score (nSPS) is 14.9. The first-order valence-electron chi connectivity index (χ1n) is 12.7. The van der Waals surface area contributed by atoms with E-state index in [1.807, 2.05) is 0 Å². The second-order valence-electron chi connectivity index (χ2n) is 9.56. The molecule has 12 nitrogen and oxygen atoms in total. The molecule has 4 aromatic rings. The number of hydrogen-bond acceptors (Lipinski definition) is 11. The highest BCUT2D eigenvalue weighted by atomic mass is 32.2. The first kappa shape index (κ1) is 28.0. The Labute approximate surface area is 236 Å². The number of nitrogens with one attached hydrogen (secondary N) is 1. The fraction of sp³-hybridized carbons (Fsp3) is 0.385. The van der Waals surface area contributed by atoms with E-state index < -0.39 is 10.0 Å². The number of rotatable bonds is 9. The number of nitrogens with zero attached hydrogens (tertiary/aromatic N) is 6. The van der Waals surface area contributed by atoms with Crippen LogP contribution in [0, 0.1) is 13.8 Å². The Bertz CT molecular complexity index is 1700. The molecule has 212 valence electrons. The summed E-state index contributed by atoms with van der Waals surface area (Å²) in [7, 11) is -0.405. The Hall–Kier alpha value is -3.59. The van der Waals surface area contributed by atoms with Gasteiger partial charge in [0.05, 0.1) is 24.0 Å². The quantitative estimate of drug-likeness (QED) is 0.312. The zero-order valence-electron chi connectivity index (χ0n) is 22.7. The van der Waals surface area contributed by atoms with Crippen molar-refractivity contribution in [2.75, 3.05) is 58.2 Å². The Kier molecular flexibility index (Phi) is 8.03. The van der Waals surface area contributed by atoms with Gasteiger partial charge in [-0.1, -0.05) is 0 Å². The molecule has 40 heavy (non-hydrogen) atoms. The van der Waals surface area contributed by atoms with Crippen LogP contribution in [0.25, 0.3) is 16.8 Å². The van der Waals surface area contributed by atoms with Gasteiger partial charge in [-0.3, -0.25) is 18.8 Å². The van der Waals surface area contributed by atoms with E-state index in [0.29, 0.717) is 34.1 Å². The number of ether oxygens (including phenoxy) is 2. The second kappa shape index (κ2) is 11.5. The van der Waals surface area contributed by atoms with Gasteiger partial charge >= 0.3 is 0 Å². The summed E-state index contributed by atoms with van der Waals surface area (Å²) in [5.41, 5.74) is 1.91. The van der Waals surface area contributed by atoms with E-state index in [1.165, 1.54) is 17.7 Å². The average Bonchev–Trinajstić information content (AvgIpc) is 3.29. The molecule has 0 aromatic carbocycles. The van der Waals surface area contributed by atoms with Crippen LogP contribution in [0.1, 0.15) is 10.7 Å². The van der Waals surface area contributed by atoms with Crippen molar-refractivity contribution in [3.63, 3.8) is 0 Å². The Morgan fingerprint density at radius 1 is 1.07 bits per heavy atom. The van der Waals surface area contributed by atoms with Crippen molar-refractivity contribution in [1.29, 1.82) is 0 Å². The monoisotopic (exact) mass is 585 g/mol. The summed E-state index contributed by atoms with van der Waals surface area (Å²) in [6, 6.07) is 5.11. The minimum Gasteiger partial charge on any atom is -0.485 e. The van der Waals surface area contributed by atoms with E-state index in [0.717, 1.165) is 44.1 Å². The van der Waals surface area contributed by atoms with E-state index >= 15 is 0 Å². The highest BCUT2D eigenvalue weighted by Crippen LogP contribution is 2.32. The predicted molar refractivity (Wildman–Crippen MR) is 153 cm³/mol. The molecule has 1 fully saturated rings. The van der Waals surface area contributed by atoms with Gasteiger partial charge in [0.15, 0.2) is 4.21 Å².